The zero-order chi connectivity index (χ0) is 16.7. The maximum Gasteiger partial charge on any atom is 0.257 e. The first kappa shape index (κ1) is 14.9. The summed E-state index contributed by atoms with van der Waals surface area (Å²) in [5.74, 6) is 1.49. The predicted octanol–water partition coefficient (Wildman–Crippen LogP) is 0.712. The molecule has 2 saturated heterocycles. The highest BCUT2D eigenvalue weighted by Gasteiger charge is 2.45. The second kappa shape index (κ2) is 5.77. The van der Waals surface area contributed by atoms with Crippen molar-refractivity contribution in [3.8, 4) is 5.88 Å². The molecule has 2 aliphatic heterocycles. The van der Waals surface area contributed by atoms with Gasteiger partial charge in [0.25, 0.3) is 5.91 Å². The van der Waals surface area contributed by atoms with Crippen molar-refractivity contribution in [3.05, 3.63) is 30.4 Å². The number of nitrogens with zero attached hydrogens (tertiary/aromatic N) is 6. The fourth-order valence-electron chi connectivity index (χ4n) is 3.82. The van der Waals surface area contributed by atoms with Crippen LogP contribution in [0.2, 0.25) is 0 Å². The second-order valence-corrected chi connectivity index (χ2v) is 6.23. The molecule has 8 heteroatoms. The number of hydrogen-bond donors (Lipinski definition) is 0. The number of carbonyl (C=O) groups is 1. The Morgan fingerprint density at radius 2 is 2.08 bits per heavy atom. The molecule has 4 heterocycles. The molecule has 0 saturated carbocycles. The lowest BCUT2D eigenvalue weighted by atomic mass is 10.1. The molecule has 0 N–H and O–H groups in total. The highest BCUT2D eigenvalue weighted by Crippen LogP contribution is 2.35. The van der Waals surface area contributed by atoms with E-state index in [0.29, 0.717) is 17.5 Å². The normalized spacial score (nSPS) is 22.8. The van der Waals surface area contributed by atoms with Crippen molar-refractivity contribution in [3.63, 3.8) is 0 Å². The van der Waals surface area contributed by atoms with Gasteiger partial charge in [0.05, 0.1) is 31.0 Å². The van der Waals surface area contributed by atoms with Crippen LogP contribution in [0.3, 0.4) is 0 Å². The Morgan fingerprint density at radius 3 is 2.83 bits per heavy atom. The number of rotatable bonds is 3. The Hall–Kier alpha value is -2.64. The number of carbonyl (C=O) groups excluding carboxylic acids is 1. The number of fused-ring (bicyclic) bond motifs is 1. The molecule has 24 heavy (non-hydrogen) atoms. The lowest BCUT2D eigenvalue weighted by Crippen LogP contribution is -2.39. The maximum absolute atomic E-state index is 12.8. The largest absolute Gasteiger partial charge is 0.481 e. The van der Waals surface area contributed by atoms with Gasteiger partial charge in [0.2, 0.25) is 5.88 Å². The first-order chi connectivity index (χ1) is 11.7. The van der Waals surface area contributed by atoms with Crippen LogP contribution in [0.5, 0.6) is 5.88 Å². The van der Waals surface area contributed by atoms with Gasteiger partial charge in [-0.05, 0) is 12.8 Å². The quantitative estimate of drug-likeness (QED) is 0.826. The average Bonchev–Trinajstić information content (AvgIpc) is 3.30. The van der Waals surface area contributed by atoms with E-state index in [1.54, 1.807) is 24.2 Å². The molecule has 0 spiro atoms. The van der Waals surface area contributed by atoms with Crippen molar-refractivity contribution in [1.29, 1.82) is 0 Å². The summed E-state index contributed by atoms with van der Waals surface area (Å²) in [5, 5.41) is 4.10. The van der Waals surface area contributed by atoms with E-state index >= 15 is 0 Å². The number of aryl methyl sites for hydroxylation is 1. The molecular weight excluding hydrogens is 308 g/mol. The molecule has 1 amide bonds. The Bertz CT molecular complexity index is 761. The highest BCUT2D eigenvalue weighted by atomic mass is 16.5. The molecule has 0 aliphatic carbocycles. The average molecular weight is 328 g/mol. The van der Waals surface area contributed by atoms with Crippen LogP contribution in [0.1, 0.15) is 23.2 Å². The second-order valence-electron chi connectivity index (χ2n) is 6.23. The Morgan fingerprint density at radius 1 is 1.25 bits per heavy atom. The number of anilines is 1. The lowest BCUT2D eigenvalue weighted by molar-refractivity contribution is 0.0737. The van der Waals surface area contributed by atoms with Crippen LogP contribution in [0.15, 0.2) is 24.8 Å². The van der Waals surface area contributed by atoms with Gasteiger partial charge in [-0.1, -0.05) is 0 Å². The van der Waals surface area contributed by atoms with Gasteiger partial charge in [0.15, 0.2) is 0 Å². The molecule has 2 fully saturated rings. The van der Waals surface area contributed by atoms with Gasteiger partial charge in [-0.2, -0.15) is 5.10 Å². The summed E-state index contributed by atoms with van der Waals surface area (Å²) in [6.07, 6.45) is 6.83. The smallest absolute Gasteiger partial charge is 0.257 e. The van der Waals surface area contributed by atoms with Gasteiger partial charge in [-0.25, -0.2) is 9.97 Å². The topological polar surface area (TPSA) is 76.4 Å². The molecular formula is C16H20N6O2. The fraction of sp³-hybridized carbons (Fsp3) is 0.500. The molecule has 0 bridgehead atoms. The number of ether oxygens (including phenoxy) is 1. The van der Waals surface area contributed by atoms with E-state index in [4.69, 9.17) is 4.74 Å². The van der Waals surface area contributed by atoms with Crippen molar-refractivity contribution < 1.29 is 9.53 Å². The summed E-state index contributed by atoms with van der Waals surface area (Å²) in [5.41, 5.74) is 0.653. The number of likely N-dealkylation sites (tertiary alicyclic amines) is 1. The summed E-state index contributed by atoms with van der Waals surface area (Å²) in [4.78, 5) is 25.5. The van der Waals surface area contributed by atoms with Crippen molar-refractivity contribution >= 4 is 11.7 Å². The third kappa shape index (κ3) is 2.38. The lowest BCUT2D eigenvalue weighted by Gasteiger charge is -2.26. The molecule has 2 aromatic heterocycles. The van der Waals surface area contributed by atoms with Gasteiger partial charge < -0.3 is 14.5 Å². The highest BCUT2D eigenvalue weighted by molar-refractivity contribution is 5.94. The van der Waals surface area contributed by atoms with E-state index < -0.39 is 0 Å². The number of amides is 1. The third-order valence-electron chi connectivity index (χ3n) is 4.92. The minimum Gasteiger partial charge on any atom is -0.481 e. The van der Waals surface area contributed by atoms with Gasteiger partial charge in [-0.15, -0.1) is 0 Å². The van der Waals surface area contributed by atoms with Crippen LogP contribution in [0.25, 0.3) is 0 Å². The van der Waals surface area contributed by atoms with Crippen LogP contribution in [-0.4, -0.2) is 62.8 Å². The Balaban J connectivity index is 1.54. The SMILES string of the molecule is COc1cc(N2CC[C@H]3[C@H]2CCN3C(=O)c2cnn(C)c2)ncn1. The Labute approximate surface area is 140 Å². The summed E-state index contributed by atoms with van der Waals surface area (Å²) >= 11 is 0. The van der Waals surface area contributed by atoms with Crippen LogP contribution in [0.4, 0.5) is 5.82 Å². The van der Waals surface area contributed by atoms with Gasteiger partial charge >= 0.3 is 0 Å². The first-order valence-electron chi connectivity index (χ1n) is 8.09. The monoisotopic (exact) mass is 328 g/mol. The molecule has 0 unspecified atom stereocenters. The minimum atomic E-state index is 0.0673. The summed E-state index contributed by atoms with van der Waals surface area (Å²) in [7, 11) is 3.42. The van der Waals surface area contributed by atoms with Crippen molar-refractivity contribution in [1.82, 2.24) is 24.6 Å². The van der Waals surface area contributed by atoms with Crippen LogP contribution in [-0.2, 0) is 7.05 Å². The maximum atomic E-state index is 12.8. The molecule has 2 aliphatic rings. The molecule has 2 atom stereocenters. The van der Waals surface area contributed by atoms with Crippen molar-refractivity contribution in [2.75, 3.05) is 25.1 Å². The molecule has 126 valence electrons. The molecule has 0 aromatic carbocycles. The van der Waals surface area contributed by atoms with E-state index in [2.05, 4.69) is 20.0 Å². The number of hydrogen-bond acceptors (Lipinski definition) is 6. The van der Waals surface area contributed by atoms with E-state index in [-0.39, 0.29) is 11.9 Å². The predicted molar refractivity (Wildman–Crippen MR) is 87.0 cm³/mol. The third-order valence-corrected chi connectivity index (χ3v) is 4.92. The van der Waals surface area contributed by atoms with Crippen LogP contribution < -0.4 is 9.64 Å². The molecule has 4 rings (SSSR count). The first-order valence-corrected chi connectivity index (χ1v) is 8.09. The summed E-state index contributed by atoms with van der Waals surface area (Å²) < 4.78 is 6.86. The van der Waals surface area contributed by atoms with Crippen LogP contribution in [0, 0.1) is 0 Å². The zero-order valence-electron chi connectivity index (χ0n) is 13.8. The fourth-order valence-corrected chi connectivity index (χ4v) is 3.82. The number of aromatic nitrogens is 4. The molecule has 2 aromatic rings. The summed E-state index contributed by atoms with van der Waals surface area (Å²) in [6, 6.07) is 2.37. The van der Waals surface area contributed by atoms with Crippen molar-refractivity contribution in [2.45, 2.75) is 24.9 Å². The van der Waals surface area contributed by atoms with Crippen LogP contribution >= 0.6 is 0 Å². The Kier molecular flexibility index (Phi) is 3.59. The van der Waals surface area contributed by atoms with Gasteiger partial charge in [-0.3, -0.25) is 9.48 Å². The molecule has 0 radical (unpaired) electrons. The molecule has 8 nitrogen and oxygen atoms in total. The zero-order valence-corrected chi connectivity index (χ0v) is 13.8. The van der Waals surface area contributed by atoms with E-state index in [0.717, 1.165) is 31.7 Å². The van der Waals surface area contributed by atoms with E-state index in [1.807, 2.05) is 18.0 Å². The number of methoxy groups -OCH3 is 1. The van der Waals surface area contributed by atoms with E-state index in [1.165, 1.54) is 6.33 Å². The summed E-state index contributed by atoms with van der Waals surface area (Å²) in [6.45, 7) is 1.65. The van der Waals surface area contributed by atoms with Gasteiger partial charge in [0, 0.05) is 32.4 Å². The van der Waals surface area contributed by atoms with Gasteiger partial charge in [0.1, 0.15) is 12.1 Å². The van der Waals surface area contributed by atoms with E-state index in [9.17, 15) is 4.79 Å². The standard InChI is InChI=1S/C16H20N6O2/c1-20-9-11(8-19-20)16(23)22-6-4-12-13(22)3-5-21(12)14-7-15(24-2)18-10-17-14/h7-10,12-13H,3-6H2,1-2H3/t12-,13+/m1/s1. The minimum absolute atomic E-state index is 0.0673. The van der Waals surface area contributed by atoms with Crippen molar-refractivity contribution in [2.24, 2.45) is 7.05 Å².